The van der Waals surface area contributed by atoms with Gasteiger partial charge in [0.25, 0.3) is 0 Å². The molecule has 0 bridgehead atoms. The maximum atomic E-state index is 12.0. The molecule has 1 fully saturated rings. The zero-order valence-electron chi connectivity index (χ0n) is 12.6. The average Bonchev–Trinajstić information content (AvgIpc) is 2.95. The van der Waals surface area contributed by atoms with Crippen molar-refractivity contribution in [2.75, 3.05) is 0 Å². The first-order chi connectivity index (χ1) is 11.2. The van der Waals surface area contributed by atoms with Crippen LogP contribution in [0.1, 0.15) is 23.6 Å². The Bertz CT molecular complexity index is 673. The van der Waals surface area contributed by atoms with E-state index in [4.69, 9.17) is 4.74 Å². The third-order valence-electron chi connectivity index (χ3n) is 3.80. The van der Waals surface area contributed by atoms with Crippen molar-refractivity contribution in [1.29, 1.82) is 0 Å². The summed E-state index contributed by atoms with van der Waals surface area (Å²) in [6.07, 6.45) is -0.267. The topological polar surface area (TPSA) is 67.4 Å². The van der Waals surface area contributed by atoms with Crippen LogP contribution >= 0.6 is 0 Å². The van der Waals surface area contributed by atoms with Crippen LogP contribution in [0.25, 0.3) is 0 Å². The number of amides is 2. The highest BCUT2D eigenvalue weighted by Crippen LogP contribution is 2.24. The molecule has 0 radical (unpaired) electrons. The predicted octanol–water partition coefficient (Wildman–Crippen LogP) is 2.54. The van der Waals surface area contributed by atoms with Crippen molar-refractivity contribution in [3.8, 4) is 0 Å². The highest BCUT2D eigenvalue weighted by atomic mass is 16.5. The van der Waals surface area contributed by atoms with Crippen molar-refractivity contribution < 1.29 is 14.3 Å². The number of nitrogens with one attached hydrogen (secondary N) is 2. The summed E-state index contributed by atoms with van der Waals surface area (Å²) in [5, 5.41) is 5.67. The lowest BCUT2D eigenvalue weighted by molar-refractivity contribution is -0.119. The summed E-state index contributed by atoms with van der Waals surface area (Å²) in [5.74, 6) is -0.0767. The van der Waals surface area contributed by atoms with Crippen molar-refractivity contribution >= 4 is 12.0 Å². The Labute approximate surface area is 134 Å². The van der Waals surface area contributed by atoms with Crippen LogP contribution in [-0.4, -0.2) is 18.0 Å². The normalized spacial score (nSPS) is 19.9. The quantitative estimate of drug-likeness (QED) is 0.912. The second-order valence-electron chi connectivity index (χ2n) is 5.47. The van der Waals surface area contributed by atoms with Gasteiger partial charge in [0.15, 0.2) is 0 Å². The molecule has 1 saturated heterocycles. The second-order valence-corrected chi connectivity index (χ2v) is 5.47. The van der Waals surface area contributed by atoms with E-state index in [0.29, 0.717) is 0 Å². The molecule has 2 atom stereocenters. The van der Waals surface area contributed by atoms with Gasteiger partial charge in [-0.2, -0.15) is 0 Å². The Morgan fingerprint density at radius 2 is 1.74 bits per heavy atom. The van der Waals surface area contributed by atoms with E-state index in [-0.39, 0.29) is 31.0 Å². The van der Waals surface area contributed by atoms with Gasteiger partial charge in [-0.15, -0.1) is 0 Å². The molecule has 2 aromatic carbocycles. The van der Waals surface area contributed by atoms with E-state index in [9.17, 15) is 9.59 Å². The summed E-state index contributed by atoms with van der Waals surface area (Å²) in [6, 6.07) is 18.5. The molecule has 5 heteroatoms. The zero-order chi connectivity index (χ0) is 16.1. The molecule has 2 N–H and O–H groups in total. The lowest BCUT2D eigenvalue weighted by atomic mass is 10.0. The molecule has 23 heavy (non-hydrogen) atoms. The fourth-order valence-electron chi connectivity index (χ4n) is 2.68. The molecule has 1 heterocycles. The molecule has 5 nitrogen and oxygen atoms in total. The SMILES string of the molecule is O=C1C[C@@H](NC(=O)OCc2ccccc2)[C@H](c2ccccc2)N1. The van der Waals surface area contributed by atoms with E-state index >= 15 is 0 Å². The molecule has 2 aromatic rings. The smallest absolute Gasteiger partial charge is 0.407 e. The molecule has 0 aromatic heterocycles. The predicted molar refractivity (Wildman–Crippen MR) is 85.5 cm³/mol. The standard InChI is InChI=1S/C18H18N2O3/c21-16-11-15(17(20-16)14-9-5-2-6-10-14)19-18(22)23-12-13-7-3-1-4-8-13/h1-10,15,17H,11-12H2,(H,19,22)(H,20,21)/t15-,17+/m1/s1. The van der Waals surface area contributed by atoms with Crippen molar-refractivity contribution in [1.82, 2.24) is 10.6 Å². The van der Waals surface area contributed by atoms with Gasteiger partial charge in [-0.1, -0.05) is 60.7 Å². The average molecular weight is 310 g/mol. The fourth-order valence-corrected chi connectivity index (χ4v) is 2.68. The molecule has 0 aliphatic carbocycles. The van der Waals surface area contributed by atoms with Gasteiger partial charge in [-0.3, -0.25) is 4.79 Å². The number of benzene rings is 2. The summed E-state index contributed by atoms with van der Waals surface area (Å²) in [7, 11) is 0. The van der Waals surface area contributed by atoms with Gasteiger partial charge >= 0.3 is 6.09 Å². The third-order valence-corrected chi connectivity index (χ3v) is 3.80. The number of hydrogen-bond donors (Lipinski definition) is 2. The van der Waals surface area contributed by atoms with Gasteiger partial charge in [-0.25, -0.2) is 4.79 Å². The van der Waals surface area contributed by atoms with E-state index in [1.165, 1.54) is 0 Å². The summed E-state index contributed by atoms with van der Waals surface area (Å²) >= 11 is 0. The Balaban J connectivity index is 1.59. The largest absolute Gasteiger partial charge is 0.445 e. The van der Waals surface area contributed by atoms with Crippen molar-refractivity contribution in [3.05, 3.63) is 71.8 Å². The highest BCUT2D eigenvalue weighted by molar-refractivity contribution is 5.81. The number of alkyl carbamates (subject to hydrolysis) is 1. The maximum absolute atomic E-state index is 12.0. The van der Waals surface area contributed by atoms with Gasteiger partial charge in [-0.05, 0) is 11.1 Å². The molecular formula is C18H18N2O3. The minimum absolute atomic E-state index is 0.0767. The Morgan fingerprint density at radius 3 is 2.43 bits per heavy atom. The lowest BCUT2D eigenvalue weighted by Gasteiger charge is -2.20. The molecular weight excluding hydrogens is 292 g/mol. The van der Waals surface area contributed by atoms with Crippen LogP contribution in [0.4, 0.5) is 4.79 Å². The van der Waals surface area contributed by atoms with Gasteiger partial charge in [0, 0.05) is 6.42 Å². The van der Waals surface area contributed by atoms with Gasteiger partial charge in [0.2, 0.25) is 5.91 Å². The number of ether oxygens (including phenoxy) is 1. The van der Waals surface area contributed by atoms with Crippen LogP contribution in [0.2, 0.25) is 0 Å². The van der Waals surface area contributed by atoms with Crippen LogP contribution < -0.4 is 10.6 Å². The summed E-state index contributed by atoms with van der Waals surface area (Å²) < 4.78 is 5.22. The monoisotopic (exact) mass is 310 g/mol. The van der Waals surface area contributed by atoms with E-state index in [1.54, 1.807) is 0 Å². The first-order valence-corrected chi connectivity index (χ1v) is 7.54. The Hall–Kier alpha value is -2.82. The summed E-state index contributed by atoms with van der Waals surface area (Å²) in [5.41, 5.74) is 1.88. The van der Waals surface area contributed by atoms with E-state index in [2.05, 4.69) is 10.6 Å². The van der Waals surface area contributed by atoms with Crippen LogP contribution in [0.5, 0.6) is 0 Å². The molecule has 0 saturated carbocycles. The van der Waals surface area contributed by atoms with Gasteiger partial charge in [0.05, 0.1) is 12.1 Å². The second kappa shape index (κ2) is 6.96. The van der Waals surface area contributed by atoms with Gasteiger partial charge < -0.3 is 15.4 Å². The first kappa shape index (κ1) is 15.1. The maximum Gasteiger partial charge on any atom is 0.407 e. The van der Waals surface area contributed by atoms with Crippen LogP contribution in [-0.2, 0) is 16.1 Å². The van der Waals surface area contributed by atoms with Crippen LogP contribution in [0.3, 0.4) is 0 Å². The third kappa shape index (κ3) is 3.88. The van der Waals surface area contributed by atoms with E-state index < -0.39 is 6.09 Å². The summed E-state index contributed by atoms with van der Waals surface area (Å²) in [6.45, 7) is 0.205. The molecule has 0 spiro atoms. The van der Waals surface area contributed by atoms with Gasteiger partial charge in [0.1, 0.15) is 6.61 Å². The molecule has 1 aliphatic heterocycles. The van der Waals surface area contributed by atoms with Crippen molar-refractivity contribution in [2.24, 2.45) is 0 Å². The highest BCUT2D eigenvalue weighted by Gasteiger charge is 2.34. The number of hydrogen-bond acceptors (Lipinski definition) is 3. The fraction of sp³-hybridized carbons (Fsp3) is 0.222. The van der Waals surface area contributed by atoms with Crippen molar-refractivity contribution in [2.45, 2.75) is 25.1 Å². The van der Waals surface area contributed by atoms with Crippen LogP contribution in [0.15, 0.2) is 60.7 Å². The minimum atomic E-state index is -0.517. The van der Waals surface area contributed by atoms with E-state index in [0.717, 1.165) is 11.1 Å². The minimum Gasteiger partial charge on any atom is -0.445 e. The van der Waals surface area contributed by atoms with Crippen molar-refractivity contribution in [3.63, 3.8) is 0 Å². The molecule has 3 rings (SSSR count). The molecule has 118 valence electrons. The number of carbonyl (C=O) groups excluding carboxylic acids is 2. The molecule has 2 amide bonds. The van der Waals surface area contributed by atoms with E-state index in [1.807, 2.05) is 60.7 Å². The number of rotatable bonds is 4. The molecule has 1 aliphatic rings. The lowest BCUT2D eigenvalue weighted by Crippen LogP contribution is -2.38. The number of carbonyl (C=O) groups is 2. The Morgan fingerprint density at radius 1 is 1.09 bits per heavy atom. The zero-order valence-corrected chi connectivity index (χ0v) is 12.6. The molecule has 0 unspecified atom stereocenters. The van der Waals surface area contributed by atoms with Crippen LogP contribution in [0, 0.1) is 0 Å². The Kier molecular flexibility index (Phi) is 4.57. The summed E-state index contributed by atoms with van der Waals surface area (Å²) in [4.78, 5) is 23.7. The first-order valence-electron chi connectivity index (χ1n) is 7.54.